The second-order valence-corrected chi connectivity index (χ2v) is 8.51. The molecule has 0 bridgehead atoms. The molecule has 170 valence electrons. The fourth-order valence-corrected chi connectivity index (χ4v) is 3.00. The first kappa shape index (κ1) is 27.8. The van der Waals surface area contributed by atoms with Gasteiger partial charge in [0.2, 0.25) is 16.7 Å². The number of nitrogens with zero attached hydrogens (tertiary/aromatic N) is 1. The number of aromatic nitrogens is 2. The SMILES string of the molecule is CCCCCCCC/C=C\CCCCCCCC[n+]1cc[nH]c1.COS(=O)(=O)[O-]. The van der Waals surface area contributed by atoms with Crippen LogP contribution in [-0.4, -0.2) is 25.1 Å². The summed E-state index contributed by atoms with van der Waals surface area (Å²) < 4.78 is 33.3. The van der Waals surface area contributed by atoms with Gasteiger partial charge in [-0.25, -0.2) is 13.0 Å². The van der Waals surface area contributed by atoms with Crippen LogP contribution >= 0.6 is 0 Å². The van der Waals surface area contributed by atoms with Crippen molar-refractivity contribution in [3.8, 4) is 0 Å². The summed E-state index contributed by atoms with van der Waals surface area (Å²) in [5.41, 5.74) is 0. The summed E-state index contributed by atoms with van der Waals surface area (Å²) in [5.74, 6) is 0. The fourth-order valence-electron chi connectivity index (χ4n) is 3.00. The molecule has 1 N–H and O–H groups in total. The van der Waals surface area contributed by atoms with E-state index >= 15 is 0 Å². The normalized spacial score (nSPS) is 11.6. The summed E-state index contributed by atoms with van der Waals surface area (Å²) in [5, 5.41) is 0. The van der Waals surface area contributed by atoms with Gasteiger partial charge in [-0.15, -0.1) is 0 Å². The minimum Gasteiger partial charge on any atom is -0.726 e. The molecule has 7 heteroatoms. The number of hydrogen-bond acceptors (Lipinski definition) is 4. The Morgan fingerprint density at radius 3 is 1.83 bits per heavy atom. The maximum absolute atomic E-state index is 9.22. The molecule has 0 saturated carbocycles. The van der Waals surface area contributed by atoms with Crippen molar-refractivity contribution in [1.82, 2.24) is 4.98 Å². The van der Waals surface area contributed by atoms with Gasteiger partial charge >= 0.3 is 0 Å². The van der Waals surface area contributed by atoms with E-state index in [-0.39, 0.29) is 0 Å². The molecule has 29 heavy (non-hydrogen) atoms. The number of aromatic amines is 1. The quantitative estimate of drug-likeness (QED) is 0.117. The third-order valence-corrected chi connectivity index (χ3v) is 5.14. The maximum atomic E-state index is 9.22. The maximum Gasteiger partial charge on any atom is 0.241 e. The van der Waals surface area contributed by atoms with Gasteiger partial charge in [-0.2, -0.15) is 0 Å². The van der Waals surface area contributed by atoms with Crippen molar-refractivity contribution in [3.05, 3.63) is 30.9 Å². The number of imidazole rings is 1. The molecular weight excluding hydrogens is 388 g/mol. The molecule has 0 saturated heterocycles. The summed E-state index contributed by atoms with van der Waals surface area (Å²) in [6.07, 6.45) is 30.2. The summed E-state index contributed by atoms with van der Waals surface area (Å²) in [4.78, 5) is 3.09. The summed E-state index contributed by atoms with van der Waals surface area (Å²) >= 11 is 0. The lowest BCUT2D eigenvalue weighted by molar-refractivity contribution is -0.696. The van der Waals surface area contributed by atoms with Gasteiger partial charge in [0.1, 0.15) is 12.4 Å². The van der Waals surface area contributed by atoms with Crippen molar-refractivity contribution in [2.45, 2.75) is 103 Å². The van der Waals surface area contributed by atoms with E-state index in [0.29, 0.717) is 0 Å². The highest BCUT2D eigenvalue weighted by Crippen LogP contribution is 2.09. The van der Waals surface area contributed by atoms with Crippen LogP contribution in [0.3, 0.4) is 0 Å². The standard InChI is InChI=1S/C21H38N2.CH4O4S/c1-2-3-4-5-6-7-8-9-10-11-12-13-14-15-16-17-19-23-20-18-22-21-23;1-5-6(2,3)4/h9-10,18,20-21H,2-8,11-17,19H2,1H3;1H3,(H,2,3,4)/b10-9-;. The third kappa shape index (κ3) is 23.0. The van der Waals surface area contributed by atoms with Crippen molar-refractivity contribution in [2.75, 3.05) is 7.11 Å². The molecule has 0 spiro atoms. The number of nitrogens with one attached hydrogen (secondary N) is 1. The molecule has 1 aromatic heterocycles. The van der Waals surface area contributed by atoms with E-state index < -0.39 is 10.4 Å². The zero-order chi connectivity index (χ0) is 21.6. The molecule has 0 aliphatic heterocycles. The van der Waals surface area contributed by atoms with Crippen LogP contribution in [0.1, 0.15) is 96.8 Å². The van der Waals surface area contributed by atoms with E-state index in [1.807, 2.05) is 12.5 Å². The fraction of sp³-hybridized carbons (Fsp3) is 0.773. The van der Waals surface area contributed by atoms with Gasteiger partial charge in [-0.05, 0) is 38.5 Å². The molecule has 0 radical (unpaired) electrons. The number of hydrogen-bond donors (Lipinski definition) is 1. The van der Waals surface area contributed by atoms with Crippen molar-refractivity contribution in [2.24, 2.45) is 0 Å². The molecule has 1 rings (SSSR count). The van der Waals surface area contributed by atoms with Crippen molar-refractivity contribution < 1.29 is 21.7 Å². The van der Waals surface area contributed by atoms with Crippen molar-refractivity contribution in [3.63, 3.8) is 0 Å². The molecule has 6 nitrogen and oxygen atoms in total. The van der Waals surface area contributed by atoms with Crippen LogP contribution in [0.5, 0.6) is 0 Å². The van der Waals surface area contributed by atoms with Crippen LogP contribution in [-0.2, 0) is 21.1 Å². The van der Waals surface area contributed by atoms with Gasteiger partial charge in [0.05, 0.1) is 13.7 Å². The average molecular weight is 431 g/mol. The van der Waals surface area contributed by atoms with Crippen LogP contribution < -0.4 is 4.57 Å². The summed E-state index contributed by atoms with van der Waals surface area (Å²) in [6.45, 7) is 3.44. The van der Waals surface area contributed by atoms with Gasteiger partial charge in [-0.3, -0.25) is 9.17 Å². The second-order valence-electron chi connectivity index (χ2n) is 7.36. The van der Waals surface area contributed by atoms with Crippen LogP contribution in [0.2, 0.25) is 0 Å². The van der Waals surface area contributed by atoms with Crippen LogP contribution in [0.4, 0.5) is 0 Å². The van der Waals surface area contributed by atoms with E-state index in [9.17, 15) is 13.0 Å². The van der Waals surface area contributed by atoms with Gasteiger partial charge in [0.25, 0.3) is 0 Å². The monoisotopic (exact) mass is 430 g/mol. The lowest BCUT2D eigenvalue weighted by Gasteiger charge is -2.00. The Balaban J connectivity index is 0.00000113. The van der Waals surface area contributed by atoms with Crippen molar-refractivity contribution >= 4 is 10.4 Å². The Morgan fingerprint density at radius 2 is 1.38 bits per heavy atom. The van der Waals surface area contributed by atoms with Crippen LogP contribution in [0.15, 0.2) is 30.9 Å². The third-order valence-electron chi connectivity index (χ3n) is 4.73. The highest BCUT2D eigenvalue weighted by molar-refractivity contribution is 7.80. The highest BCUT2D eigenvalue weighted by Gasteiger charge is 1.96. The largest absolute Gasteiger partial charge is 0.726 e. The molecule has 0 aliphatic carbocycles. The molecule has 0 unspecified atom stereocenters. The number of allylic oxidation sites excluding steroid dienone is 2. The molecule has 0 aliphatic rings. The Kier molecular flexibility index (Phi) is 19.3. The van der Waals surface area contributed by atoms with Crippen LogP contribution in [0.25, 0.3) is 0 Å². The molecule has 0 amide bonds. The number of H-pyrrole nitrogens is 1. The molecular formula is C22H42N2O4S. The Bertz CT molecular complexity index is 572. The number of unbranched alkanes of at least 4 members (excludes halogenated alkanes) is 12. The van der Waals surface area contributed by atoms with Crippen LogP contribution in [0, 0.1) is 0 Å². The second kappa shape index (κ2) is 20.1. The predicted octanol–water partition coefficient (Wildman–Crippen LogP) is 5.43. The predicted molar refractivity (Wildman–Crippen MR) is 117 cm³/mol. The lowest BCUT2D eigenvalue weighted by Crippen LogP contribution is -2.30. The zero-order valence-corrected chi connectivity index (χ0v) is 19.3. The molecule has 1 aromatic rings. The summed E-state index contributed by atoms with van der Waals surface area (Å²) in [7, 11) is -3.60. The molecule has 0 atom stereocenters. The summed E-state index contributed by atoms with van der Waals surface area (Å²) in [6, 6.07) is 0. The van der Waals surface area contributed by atoms with Gasteiger partial charge in [-0.1, -0.05) is 70.4 Å². The first-order valence-corrected chi connectivity index (χ1v) is 12.5. The number of rotatable bonds is 17. The van der Waals surface area contributed by atoms with Gasteiger partial charge in [0.15, 0.2) is 0 Å². The van der Waals surface area contributed by atoms with Gasteiger partial charge in [0, 0.05) is 0 Å². The minimum absolute atomic E-state index is 0.808. The highest BCUT2D eigenvalue weighted by atomic mass is 32.3. The van der Waals surface area contributed by atoms with E-state index in [1.54, 1.807) is 0 Å². The Morgan fingerprint density at radius 1 is 0.897 bits per heavy atom. The first-order valence-electron chi connectivity index (χ1n) is 11.2. The average Bonchev–Trinajstić information content (AvgIpc) is 3.21. The molecule has 1 heterocycles. The van der Waals surface area contributed by atoms with E-state index in [0.717, 1.165) is 13.7 Å². The van der Waals surface area contributed by atoms with Gasteiger partial charge < -0.3 is 4.55 Å². The van der Waals surface area contributed by atoms with E-state index in [2.05, 4.69) is 39.0 Å². The smallest absolute Gasteiger partial charge is 0.241 e. The van der Waals surface area contributed by atoms with Crippen molar-refractivity contribution in [1.29, 1.82) is 0 Å². The van der Waals surface area contributed by atoms with E-state index in [1.165, 1.54) is 89.9 Å². The minimum atomic E-state index is -4.41. The molecule has 0 fully saturated rings. The Labute approximate surface area is 178 Å². The molecule has 0 aromatic carbocycles. The first-order chi connectivity index (χ1) is 14.0. The number of aryl methyl sites for hydroxylation is 1. The lowest BCUT2D eigenvalue weighted by atomic mass is 10.1. The van der Waals surface area contributed by atoms with E-state index in [4.69, 9.17) is 0 Å². The topological polar surface area (TPSA) is 86.1 Å². The Hall–Kier alpha value is -1.18. The zero-order valence-electron chi connectivity index (χ0n) is 18.5.